The van der Waals surface area contributed by atoms with Crippen LogP contribution in [-0.2, 0) is 6.54 Å². The lowest BCUT2D eigenvalue weighted by molar-refractivity contribution is 0.317. The molecule has 0 radical (unpaired) electrons. The first-order valence-corrected chi connectivity index (χ1v) is 10.8. The van der Waals surface area contributed by atoms with Crippen molar-refractivity contribution in [2.24, 2.45) is 0 Å². The van der Waals surface area contributed by atoms with Gasteiger partial charge in [0.25, 0.3) is 0 Å². The summed E-state index contributed by atoms with van der Waals surface area (Å²) in [4.78, 5) is 0. The second-order valence-electron chi connectivity index (χ2n) is 6.66. The normalized spacial score (nSPS) is 10.8. The zero-order valence-electron chi connectivity index (χ0n) is 16.2. The maximum absolute atomic E-state index is 6.39. The van der Waals surface area contributed by atoms with Gasteiger partial charge in [0.1, 0.15) is 11.5 Å². The van der Waals surface area contributed by atoms with E-state index in [1.807, 2.05) is 30.3 Å². The van der Waals surface area contributed by atoms with Crippen LogP contribution in [0.25, 0.3) is 10.8 Å². The molecule has 1 aromatic heterocycles. The van der Waals surface area contributed by atoms with Crippen LogP contribution in [0.1, 0.15) is 18.9 Å². The quantitative estimate of drug-likeness (QED) is 0.314. The second kappa shape index (κ2) is 9.21. The van der Waals surface area contributed by atoms with Crippen LogP contribution in [0.15, 0.2) is 72.8 Å². The monoisotopic (exact) mass is 423 g/mol. The summed E-state index contributed by atoms with van der Waals surface area (Å²) >= 11 is 7.89. The predicted octanol–water partition coefficient (Wildman–Crippen LogP) is 7.75. The van der Waals surface area contributed by atoms with E-state index in [0.29, 0.717) is 16.7 Å². The fraction of sp³-hybridized carbons (Fsp3) is 0.167. The van der Waals surface area contributed by atoms with E-state index in [9.17, 15) is 0 Å². The number of hydrogen-bond acceptors (Lipinski definition) is 4. The molecule has 0 aliphatic heterocycles. The number of nitrogens with one attached hydrogen (secondary N) is 1. The number of benzene rings is 3. The smallest absolute Gasteiger partial charge is 0.201 e. The molecule has 0 spiro atoms. The van der Waals surface area contributed by atoms with Gasteiger partial charge in [-0.25, -0.2) is 0 Å². The summed E-state index contributed by atoms with van der Waals surface area (Å²) in [6.07, 6.45) is 0.984. The molecule has 0 bridgehead atoms. The Kier molecular flexibility index (Phi) is 6.23. The minimum Gasteiger partial charge on any atom is -0.494 e. The standard InChI is InChI=1S/C24H22ClNO2S/c1-2-14-27-19-10-12-20(13-11-19)28-24-22(25)15-23(29-24)26-16-18-8-5-7-17-6-3-4-9-21(17)18/h3-13,15,26H,2,14,16H2,1H3. The van der Waals surface area contributed by atoms with Crippen LogP contribution >= 0.6 is 22.9 Å². The summed E-state index contributed by atoms with van der Waals surface area (Å²) in [6.45, 7) is 3.52. The van der Waals surface area contributed by atoms with Crippen molar-refractivity contribution in [3.63, 3.8) is 0 Å². The Morgan fingerprint density at radius 2 is 1.69 bits per heavy atom. The van der Waals surface area contributed by atoms with Gasteiger partial charge >= 0.3 is 0 Å². The largest absolute Gasteiger partial charge is 0.494 e. The van der Waals surface area contributed by atoms with Crippen molar-refractivity contribution < 1.29 is 9.47 Å². The fourth-order valence-electron chi connectivity index (χ4n) is 3.07. The zero-order valence-corrected chi connectivity index (χ0v) is 17.7. The van der Waals surface area contributed by atoms with E-state index < -0.39 is 0 Å². The highest BCUT2D eigenvalue weighted by Crippen LogP contribution is 2.41. The summed E-state index contributed by atoms with van der Waals surface area (Å²) in [5, 5.41) is 8.21. The van der Waals surface area contributed by atoms with E-state index >= 15 is 0 Å². The molecule has 0 saturated carbocycles. The summed E-state index contributed by atoms with van der Waals surface area (Å²) < 4.78 is 11.6. The first-order chi connectivity index (χ1) is 14.2. The summed E-state index contributed by atoms with van der Waals surface area (Å²) in [6, 6.07) is 24.3. The van der Waals surface area contributed by atoms with Gasteiger partial charge < -0.3 is 14.8 Å². The van der Waals surface area contributed by atoms with Gasteiger partial charge in [0, 0.05) is 6.54 Å². The molecule has 5 heteroatoms. The van der Waals surface area contributed by atoms with E-state index in [4.69, 9.17) is 21.1 Å². The lowest BCUT2D eigenvalue weighted by Crippen LogP contribution is -1.98. The molecule has 0 saturated heterocycles. The first-order valence-electron chi connectivity index (χ1n) is 9.63. The van der Waals surface area contributed by atoms with Crippen molar-refractivity contribution in [1.29, 1.82) is 0 Å². The van der Waals surface area contributed by atoms with Crippen LogP contribution in [0, 0.1) is 0 Å². The van der Waals surface area contributed by atoms with Crippen LogP contribution in [0.2, 0.25) is 5.02 Å². The molecule has 1 heterocycles. The molecular formula is C24H22ClNO2S. The summed E-state index contributed by atoms with van der Waals surface area (Å²) in [5.74, 6) is 1.58. The van der Waals surface area contributed by atoms with E-state index in [1.54, 1.807) is 0 Å². The summed E-state index contributed by atoms with van der Waals surface area (Å²) in [7, 11) is 0. The molecule has 148 valence electrons. The van der Waals surface area contributed by atoms with Crippen LogP contribution in [-0.4, -0.2) is 6.61 Å². The Labute approximate surface area is 179 Å². The Bertz CT molecular complexity index is 1090. The lowest BCUT2D eigenvalue weighted by Gasteiger charge is -2.08. The number of anilines is 1. The molecule has 29 heavy (non-hydrogen) atoms. The number of ether oxygens (including phenoxy) is 2. The van der Waals surface area contributed by atoms with Crippen LogP contribution < -0.4 is 14.8 Å². The zero-order chi connectivity index (χ0) is 20.1. The van der Waals surface area contributed by atoms with Crippen molar-refractivity contribution in [1.82, 2.24) is 0 Å². The van der Waals surface area contributed by atoms with E-state index in [1.165, 1.54) is 27.7 Å². The van der Waals surface area contributed by atoms with Crippen molar-refractivity contribution in [3.05, 3.63) is 83.4 Å². The molecule has 3 nitrogen and oxygen atoms in total. The molecule has 4 rings (SSSR count). The van der Waals surface area contributed by atoms with Crippen molar-refractivity contribution >= 4 is 38.7 Å². The van der Waals surface area contributed by atoms with Gasteiger partial charge in [0.05, 0.1) is 16.6 Å². The van der Waals surface area contributed by atoms with Crippen LogP contribution in [0.5, 0.6) is 16.6 Å². The molecule has 0 atom stereocenters. The highest BCUT2D eigenvalue weighted by Gasteiger charge is 2.10. The van der Waals surface area contributed by atoms with Gasteiger partial charge in [-0.15, -0.1) is 0 Å². The second-order valence-corrected chi connectivity index (χ2v) is 8.08. The third-order valence-electron chi connectivity index (χ3n) is 4.50. The van der Waals surface area contributed by atoms with Gasteiger partial charge in [-0.1, -0.05) is 72.3 Å². The maximum Gasteiger partial charge on any atom is 0.201 e. The molecule has 0 fully saturated rings. The average molecular weight is 424 g/mol. The van der Waals surface area contributed by atoms with Gasteiger partial charge in [0.15, 0.2) is 0 Å². The number of rotatable bonds is 8. The SMILES string of the molecule is CCCOc1ccc(Oc2sc(NCc3cccc4ccccc34)cc2Cl)cc1. The Morgan fingerprint density at radius 3 is 2.52 bits per heavy atom. The molecule has 0 aliphatic rings. The van der Waals surface area contributed by atoms with E-state index in [-0.39, 0.29) is 0 Å². The molecule has 0 unspecified atom stereocenters. The van der Waals surface area contributed by atoms with Crippen molar-refractivity contribution in [2.45, 2.75) is 19.9 Å². The first kappa shape index (κ1) is 19.6. The third kappa shape index (κ3) is 4.84. The molecule has 1 N–H and O–H groups in total. The number of fused-ring (bicyclic) bond motifs is 1. The molecule has 3 aromatic carbocycles. The highest BCUT2D eigenvalue weighted by atomic mass is 35.5. The molecular weight excluding hydrogens is 402 g/mol. The van der Waals surface area contributed by atoms with Gasteiger partial charge in [-0.05, 0) is 53.1 Å². The lowest BCUT2D eigenvalue weighted by atomic mass is 10.0. The Morgan fingerprint density at radius 1 is 0.931 bits per heavy atom. The summed E-state index contributed by atoms with van der Waals surface area (Å²) in [5.41, 5.74) is 1.25. The molecule has 0 amide bonds. The number of hydrogen-bond donors (Lipinski definition) is 1. The molecule has 4 aromatic rings. The minimum absolute atomic E-state index is 0.599. The van der Waals surface area contributed by atoms with Gasteiger partial charge in [-0.2, -0.15) is 0 Å². The minimum atomic E-state index is 0.599. The van der Waals surface area contributed by atoms with Crippen molar-refractivity contribution in [2.75, 3.05) is 11.9 Å². The Balaban J connectivity index is 1.42. The third-order valence-corrected chi connectivity index (χ3v) is 5.86. The number of halogens is 1. The average Bonchev–Trinajstić information content (AvgIpc) is 3.11. The van der Waals surface area contributed by atoms with E-state index in [2.05, 4.69) is 54.7 Å². The van der Waals surface area contributed by atoms with Crippen LogP contribution in [0.4, 0.5) is 5.00 Å². The highest BCUT2D eigenvalue weighted by molar-refractivity contribution is 7.18. The predicted molar refractivity (Wildman–Crippen MR) is 123 cm³/mol. The Hall–Kier alpha value is -2.69. The van der Waals surface area contributed by atoms with E-state index in [0.717, 1.165) is 29.5 Å². The number of thiophene rings is 1. The van der Waals surface area contributed by atoms with Crippen molar-refractivity contribution in [3.8, 4) is 16.6 Å². The maximum atomic E-state index is 6.39. The molecule has 0 aliphatic carbocycles. The van der Waals surface area contributed by atoms with Gasteiger partial charge in [-0.3, -0.25) is 0 Å². The topological polar surface area (TPSA) is 30.5 Å². The van der Waals surface area contributed by atoms with Crippen LogP contribution in [0.3, 0.4) is 0 Å². The fourth-order valence-corrected chi connectivity index (χ4v) is 4.21. The van der Waals surface area contributed by atoms with Gasteiger partial charge in [0.2, 0.25) is 5.06 Å².